The Hall–Kier alpha value is -1.39. The van der Waals surface area contributed by atoms with E-state index in [1.807, 2.05) is 11.6 Å². The second-order valence-corrected chi connectivity index (χ2v) is 4.66. The Balaban J connectivity index is 2.26. The van der Waals surface area contributed by atoms with Crippen molar-refractivity contribution in [2.75, 3.05) is 7.05 Å². The normalized spacial score (nSPS) is 15.2. The Labute approximate surface area is 103 Å². The summed E-state index contributed by atoms with van der Waals surface area (Å²) in [6.07, 6.45) is 1.69. The first kappa shape index (κ1) is 10.7. The molecule has 88 valence electrons. The van der Waals surface area contributed by atoms with Gasteiger partial charge in [0.05, 0.1) is 11.4 Å². The lowest BCUT2D eigenvalue weighted by Gasteiger charge is -2.13. The smallest absolute Gasteiger partial charge is 0.151 e. The van der Waals surface area contributed by atoms with Crippen LogP contribution in [0.5, 0.6) is 0 Å². The summed E-state index contributed by atoms with van der Waals surface area (Å²) >= 11 is 6.06. The van der Waals surface area contributed by atoms with E-state index < -0.39 is 0 Å². The molecule has 0 saturated heterocycles. The van der Waals surface area contributed by atoms with Crippen molar-refractivity contribution in [3.63, 3.8) is 0 Å². The van der Waals surface area contributed by atoms with E-state index in [1.54, 1.807) is 18.5 Å². The van der Waals surface area contributed by atoms with Crippen LogP contribution in [0.3, 0.4) is 0 Å². The molecule has 2 heterocycles. The number of hydrogen-bond donors (Lipinski definition) is 0. The number of hydrogen-bond acceptors (Lipinski definition) is 2. The van der Waals surface area contributed by atoms with Crippen LogP contribution >= 0.6 is 11.6 Å². The Morgan fingerprint density at radius 2 is 2.18 bits per heavy atom. The molecule has 5 heteroatoms. The molecule has 0 bridgehead atoms. The maximum absolute atomic E-state index is 13.3. The highest BCUT2D eigenvalue weighted by Crippen LogP contribution is 2.27. The molecule has 0 amide bonds. The number of aromatic nitrogens is 2. The summed E-state index contributed by atoms with van der Waals surface area (Å²) in [6, 6.07) is 4.79. The van der Waals surface area contributed by atoms with E-state index >= 15 is 0 Å². The quantitative estimate of drug-likeness (QED) is 0.718. The molecular formula is C12H11ClFN3. The lowest BCUT2D eigenvalue weighted by Crippen LogP contribution is -2.16. The molecule has 0 spiro atoms. The van der Waals surface area contributed by atoms with Gasteiger partial charge in [-0.2, -0.15) is 0 Å². The predicted molar refractivity (Wildman–Crippen MR) is 63.7 cm³/mol. The second-order valence-electron chi connectivity index (χ2n) is 4.30. The van der Waals surface area contributed by atoms with Gasteiger partial charge in [-0.15, -0.1) is 0 Å². The molecule has 0 fully saturated rings. The van der Waals surface area contributed by atoms with Crippen LogP contribution in [-0.4, -0.2) is 21.5 Å². The van der Waals surface area contributed by atoms with Gasteiger partial charge in [0.1, 0.15) is 12.1 Å². The molecular weight excluding hydrogens is 241 g/mol. The zero-order valence-electron chi connectivity index (χ0n) is 9.32. The van der Waals surface area contributed by atoms with Gasteiger partial charge < -0.3 is 4.57 Å². The van der Waals surface area contributed by atoms with Gasteiger partial charge in [0.25, 0.3) is 0 Å². The van der Waals surface area contributed by atoms with Gasteiger partial charge >= 0.3 is 0 Å². The third kappa shape index (κ3) is 1.73. The zero-order valence-corrected chi connectivity index (χ0v) is 10.1. The largest absolute Gasteiger partial charge is 0.300 e. The predicted octanol–water partition coefficient (Wildman–Crippen LogP) is 2.61. The van der Waals surface area contributed by atoms with Crippen molar-refractivity contribution in [2.45, 2.75) is 13.1 Å². The monoisotopic (exact) mass is 251 g/mol. The van der Waals surface area contributed by atoms with Crippen molar-refractivity contribution in [3.05, 3.63) is 46.8 Å². The summed E-state index contributed by atoms with van der Waals surface area (Å²) in [6.45, 7) is 1.40. The third-order valence-electron chi connectivity index (χ3n) is 2.98. The number of benzene rings is 1. The average molecular weight is 252 g/mol. The molecule has 0 saturated carbocycles. The summed E-state index contributed by atoms with van der Waals surface area (Å²) in [4.78, 5) is 6.19. The lowest BCUT2D eigenvalue weighted by molar-refractivity contribution is 0.319. The maximum atomic E-state index is 13.3. The van der Waals surface area contributed by atoms with Crippen LogP contribution in [0.4, 0.5) is 4.39 Å². The zero-order chi connectivity index (χ0) is 12.0. The van der Waals surface area contributed by atoms with Crippen molar-refractivity contribution >= 4 is 11.6 Å². The Morgan fingerprint density at radius 3 is 3.00 bits per heavy atom. The fourth-order valence-corrected chi connectivity index (χ4v) is 2.41. The molecule has 0 N–H and O–H groups in total. The molecule has 3 nitrogen and oxygen atoms in total. The number of fused-ring (bicyclic) bond motifs is 3. The molecule has 1 aromatic carbocycles. The van der Waals surface area contributed by atoms with Crippen LogP contribution in [0.15, 0.2) is 24.5 Å². The number of imidazole rings is 1. The molecule has 17 heavy (non-hydrogen) atoms. The van der Waals surface area contributed by atoms with Crippen LogP contribution in [0.2, 0.25) is 5.15 Å². The molecule has 0 radical (unpaired) electrons. The SMILES string of the molecule is CN1Cc2cc(F)ccc2-n2cnc(Cl)c2C1. The summed E-state index contributed by atoms with van der Waals surface area (Å²) in [5.41, 5.74) is 2.84. The number of rotatable bonds is 0. The van der Waals surface area contributed by atoms with E-state index in [-0.39, 0.29) is 5.82 Å². The first-order chi connectivity index (χ1) is 8.15. The number of halogens is 2. The van der Waals surface area contributed by atoms with Crippen molar-refractivity contribution in [1.82, 2.24) is 14.5 Å². The molecule has 3 rings (SSSR count). The van der Waals surface area contributed by atoms with Gasteiger partial charge in [-0.1, -0.05) is 11.6 Å². The topological polar surface area (TPSA) is 21.1 Å². The van der Waals surface area contributed by atoms with Gasteiger partial charge in [0.2, 0.25) is 0 Å². The number of nitrogens with zero attached hydrogens (tertiary/aromatic N) is 3. The fraction of sp³-hybridized carbons (Fsp3) is 0.250. The van der Waals surface area contributed by atoms with Crippen LogP contribution < -0.4 is 0 Å². The van der Waals surface area contributed by atoms with Crippen LogP contribution in [0.25, 0.3) is 5.69 Å². The maximum Gasteiger partial charge on any atom is 0.151 e. The van der Waals surface area contributed by atoms with E-state index in [2.05, 4.69) is 9.88 Å². The summed E-state index contributed by atoms with van der Waals surface area (Å²) in [7, 11) is 1.98. The highest BCUT2D eigenvalue weighted by molar-refractivity contribution is 6.30. The molecule has 1 aromatic heterocycles. The van der Waals surface area contributed by atoms with E-state index in [4.69, 9.17) is 11.6 Å². The molecule has 0 unspecified atom stereocenters. The minimum absolute atomic E-state index is 0.216. The molecule has 0 atom stereocenters. The Bertz CT molecular complexity index is 579. The van der Waals surface area contributed by atoms with Crippen LogP contribution in [-0.2, 0) is 13.1 Å². The van der Waals surface area contributed by atoms with Gasteiger partial charge in [-0.25, -0.2) is 9.37 Å². The molecule has 1 aliphatic heterocycles. The van der Waals surface area contributed by atoms with E-state index in [0.717, 1.165) is 16.9 Å². The van der Waals surface area contributed by atoms with Gasteiger partial charge in [-0.3, -0.25) is 4.90 Å². The molecule has 2 aromatic rings. The fourth-order valence-electron chi connectivity index (χ4n) is 2.22. The van der Waals surface area contributed by atoms with E-state index in [9.17, 15) is 4.39 Å². The van der Waals surface area contributed by atoms with Crippen molar-refractivity contribution in [3.8, 4) is 5.69 Å². The van der Waals surface area contributed by atoms with Crippen molar-refractivity contribution in [2.24, 2.45) is 0 Å². The minimum Gasteiger partial charge on any atom is -0.300 e. The summed E-state index contributed by atoms with van der Waals surface area (Å²) < 4.78 is 15.2. The third-order valence-corrected chi connectivity index (χ3v) is 3.29. The minimum atomic E-state index is -0.216. The molecule has 0 aliphatic carbocycles. The Kier molecular flexibility index (Phi) is 2.42. The first-order valence-corrected chi connectivity index (χ1v) is 5.72. The van der Waals surface area contributed by atoms with Gasteiger partial charge in [0, 0.05) is 13.1 Å². The van der Waals surface area contributed by atoms with Crippen molar-refractivity contribution in [1.29, 1.82) is 0 Å². The van der Waals surface area contributed by atoms with Crippen LogP contribution in [0, 0.1) is 5.82 Å². The summed E-state index contributed by atoms with van der Waals surface area (Å²) in [5, 5.41) is 0.508. The van der Waals surface area contributed by atoms with E-state index in [1.165, 1.54) is 6.07 Å². The summed E-state index contributed by atoms with van der Waals surface area (Å²) in [5.74, 6) is -0.216. The Morgan fingerprint density at radius 1 is 1.35 bits per heavy atom. The van der Waals surface area contributed by atoms with Gasteiger partial charge in [0.15, 0.2) is 5.15 Å². The highest BCUT2D eigenvalue weighted by atomic mass is 35.5. The van der Waals surface area contributed by atoms with E-state index in [0.29, 0.717) is 18.2 Å². The van der Waals surface area contributed by atoms with Gasteiger partial charge in [-0.05, 0) is 30.8 Å². The molecule has 1 aliphatic rings. The standard InChI is InChI=1S/C12H11ClFN3/c1-16-5-8-4-9(14)2-3-10(8)17-7-15-12(13)11(17)6-16/h2-4,7H,5-6H2,1H3. The van der Waals surface area contributed by atoms with Crippen molar-refractivity contribution < 1.29 is 4.39 Å². The average Bonchev–Trinajstić information content (AvgIpc) is 2.56. The first-order valence-electron chi connectivity index (χ1n) is 5.34. The lowest BCUT2D eigenvalue weighted by atomic mass is 10.1. The second kappa shape index (κ2) is 3.82. The highest BCUT2D eigenvalue weighted by Gasteiger charge is 2.20. The van der Waals surface area contributed by atoms with Crippen LogP contribution in [0.1, 0.15) is 11.3 Å².